The lowest BCUT2D eigenvalue weighted by Gasteiger charge is -2.15. The van der Waals surface area contributed by atoms with Gasteiger partial charge in [-0.2, -0.15) is 13.2 Å². The molecular formula is C9H6ClF3O. The Hall–Kier alpha value is -0.740. The largest absolute Gasteiger partial charge is 0.424 e. The summed E-state index contributed by atoms with van der Waals surface area (Å²) in [5.41, 5.74) is -1.98. The first-order valence-electron chi connectivity index (χ1n) is 3.92. The third-order valence-corrected chi connectivity index (χ3v) is 2.45. The summed E-state index contributed by atoms with van der Waals surface area (Å²) in [5, 5.41) is 0.409. The predicted octanol–water partition coefficient (Wildman–Crippen LogP) is 3.13. The van der Waals surface area contributed by atoms with Gasteiger partial charge in [-0.1, -0.05) is 23.7 Å². The molecule has 1 unspecified atom stereocenters. The van der Waals surface area contributed by atoms with Crippen molar-refractivity contribution < 1.29 is 17.9 Å². The molecule has 0 aromatic heterocycles. The van der Waals surface area contributed by atoms with E-state index in [4.69, 9.17) is 11.6 Å². The molecule has 0 amide bonds. The summed E-state index contributed by atoms with van der Waals surface area (Å²) in [7, 11) is 0. The van der Waals surface area contributed by atoms with Crippen molar-refractivity contribution in [2.75, 3.05) is 6.61 Å². The van der Waals surface area contributed by atoms with Gasteiger partial charge in [-0.05, 0) is 17.7 Å². The van der Waals surface area contributed by atoms with Crippen LogP contribution in [0.3, 0.4) is 0 Å². The Morgan fingerprint density at radius 2 is 1.71 bits per heavy atom. The molecule has 2 rings (SSSR count). The monoisotopic (exact) mass is 222 g/mol. The molecule has 5 heteroatoms. The first-order chi connectivity index (χ1) is 6.46. The highest BCUT2D eigenvalue weighted by atomic mass is 35.5. The number of alkyl halides is 3. The highest BCUT2D eigenvalue weighted by Gasteiger charge is 2.66. The Morgan fingerprint density at radius 1 is 1.21 bits per heavy atom. The normalized spacial score (nSPS) is 26.3. The van der Waals surface area contributed by atoms with E-state index in [1.54, 1.807) is 0 Å². The Kier molecular flexibility index (Phi) is 2.01. The summed E-state index contributed by atoms with van der Waals surface area (Å²) in [6.45, 7) is -0.307. The summed E-state index contributed by atoms with van der Waals surface area (Å²) in [6.07, 6.45) is -4.36. The van der Waals surface area contributed by atoms with Crippen molar-refractivity contribution in [3.63, 3.8) is 0 Å². The molecule has 1 aliphatic heterocycles. The van der Waals surface area contributed by atoms with Crippen LogP contribution in [0.5, 0.6) is 0 Å². The zero-order valence-corrected chi connectivity index (χ0v) is 7.69. The van der Waals surface area contributed by atoms with Crippen molar-refractivity contribution in [3.05, 3.63) is 34.9 Å². The summed E-state index contributed by atoms with van der Waals surface area (Å²) in [5.74, 6) is 0. The minimum Gasteiger partial charge on any atom is -0.355 e. The third-order valence-electron chi connectivity index (χ3n) is 2.20. The number of ether oxygens (including phenoxy) is 1. The Morgan fingerprint density at radius 3 is 2.07 bits per heavy atom. The van der Waals surface area contributed by atoms with Gasteiger partial charge in [-0.3, -0.25) is 0 Å². The quantitative estimate of drug-likeness (QED) is 0.665. The van der Waals surface area contributed by atoms with Gasteiger partial charge in [0.25, 0.3) is 0 Å². The molecule has 1 heterocycles. The summed E-state index contributed by atoms with van der Waals surface area (Å²) < 4.78 is 42.1. The summed E-state index contributed by atoms with van der Waals surface area (Å²) in [6, 6.07) is 5.52. The standard InChI is InChI=1S/C9H6ClF3O/c10-7-3-1-6(2-4-7)8(5-14-8)9(11,12)13/h1-4H,5H2. The molecule has 1 aliphatic rings. The molecular weight excluding hydrogens is 217 g/mol. The fourth-order valence-corrected chi connectivity index (χ4v) is 1.41. The van der Waals surface area contributed by atoms with E-state index >= 15 is 0 Å². The topological polar surface area (TPSA) is 12.5 Å². The molecule has 1 fully saturated rings. The smallest absolute Gasteiger partial charge is 0.355 e. The van der Waals surface area contributed by atoms with E-state index < -0.39 is 11.8 Å². The first kappa shape index (κ1) is 9.80. The van der Waals surface area contributed by atoms with Crippen LogP contribution in [-0.4, -0.2) is 12.8 Å². The summed E-state index contributed by atoms with van der Waals surface area (Å²) in [4.78, 5) is 0. The first-order valence-corrected chi connectivity index (χ1v) is 4.30. The third kappa shape index (κ3) is 1.38. The molecule has 1 aromatic rings. The molecule has 1 aromatic carbocycles. The molecule has 0 saturated carbocycles. The Bertz CT molecular complexity index is 340. The van der Waals surface area contributed by atoms with Gasteiger partial charge >= 0.3 is 6.18 Å². The Balaban J connectivity index is 2.36. The van der Waals surface area contributed by atoms with E-state index in [9.17, 15) is 13.2 Å². The molecule has 14 heavy (non-hydrogen) atoms. The van der Waals surface area contributed by atoms with Crippen molar-refractivity contribution in [1.29, 1.82) is 0 Å². The van der Waals surface area contributed by atoms with Gasteiger partial charge in [0.15, 0.2) is 0 Å². The van der Waals surface area contributed by atoms with Gasteiger partial charge in [0.1, 0.15) is 0 Å². The lowest BCUT2D eigenvalue weighted by Crippen LogP contribution is -2.30. The lowest BCUT2D eigenvalue weighted by atomic mass is 10.00. The van der Waals surface area contributed by atoms with Gasteiger partial charge in [-0.25, -0.2) is 0 Å². The SMILES string of the molecule is FC(F)(F)C1(c2ccc(Cl)cc2)CO1. The average molecular weight is 223 g/mol. The summed E-state index contributed by atoms with van der Waals surface area (Å²) >= 11 is 5.57. The minimum atomic E-state index is -4.36. The maximum absolute atomic E-state index is 12.5. The van der Waals surface area contributed by atoms with E-state index in [0.29, 0.717) is 5.02 Å². The van der Waals surface area contributed by atoms with Crippen LogP contribution in [0.2, 0.25) is 5.02 Å². The van der Waals surface area contributed by atoms with Crippen LogP contribution >= 0.6 is 11.6 Å². The van der Waals surface area contributed by atoms with Crippen LogP contribution in [-0.2, 0) is 10.3 Å². The molecule has 1 saturated heterocycles. The molecule has 0 aliphatic carbocycles. The highest BCUT2D eigenvalue weighted by Crippen LogP contribution is 2.51. The molecule has 76 valence electrons. The zero-order chi connectivity index (χ0) is 10.4. The second kappa shape index (κ2) is 2.87. The Labute approximate surface area is 83.4 Å². The maximum atomic E-state index is 12.5. The number of hydrogen-bond donors (Lipinski definition) is 0. The maximum Gasteiger partial charge on any atom is 0.424 e. The number of halogens is 4. The predicted molar refractivity (Wildman–Crippen MR) is 45.1 cm³/mol. The van der Waals surface area contributed by atoms with Crippen molar-refractivity contribution in [2.45, 2.75) is 11.8 Å². The van der Waals surface area contributed by atoms with Gasteiger partial charge in [-0.15, -0.1) is 0 Å². The van der Waals surface area contributed by atoms with Crippen LogP contribution in [0.15, 0.2) is 24.3 Å². The zero-order valence-electron chi connectivity index (χ0n) is 6.94. The fraction of sp³-hybridized carbons (Fsp3) is 0.333. The van der Waals surface area contributed by atoms with Crippen molar-refractivity contribution in [1.82, 2.24) is 0 Å². The van der Waals surface area contributed by atoms with E-state index in [2.05, 4.69) is 4.74 Å². The van der Waals surface area contributed by atoms with Gasteiger partial charge in [0, 0.05) is 5.02 Å². The number of hydrogen-bond acceptors (Lipinski definition) is 1. The highest BCUT2D eigenvalue weighted by molar-refractivity contribution is 6.30. The second-order valence-corrected chi connectivity index (χ2v) is 3.56. The molecule has 0 radical (unpaired) electrons. The van der Waals surface area contributed by atoms with Crippen LogP contribution < -0.4 is 0 Å². The van der Waals surface area contributed by atoms with E-state index in [1.807, 2.05) is 0 Å². The van der Waals surface area contributed by atoms with Crippen molar-refractivity contribution in [2.24, 2.45) is 0 Å². The van der Waals surface area contributed by atoms with Crippen molar-refractivity contribution >= 4 is 11.6 Å². The van der Waals surface area contributed by atoms with E-state index in [0.717, 1.165) is 0 Å². The van der Waals surface area contributed by atoms with Crippen LogP contribution in [0.4, 0.5) is 13.2 Å². The van der Waals surface area contributed by atoms with Crippen molar-refractivity contribution in [3.8, 4) is 0 Å². The minimum absolute atomic E-state index is 0.106. The average Bonchev–Trinajstić information content (AvgIpc) is 2.84. The number of rotatable bonds is 1. The molecule has 0 N–H and O–H groups in total. The van der Waals surface area contributed by atoms with E-state index in [-0.39, 0.29) is 12.2 Å². The molecule has 0 spiro atoms. The lowest BCUT2D eigenvalue weighted by molar-refractivity contribution is -0.187. The van der Waals surface area contributed by atoms with Crippen LogP contribution in [0, 0.1) is 0 Å². The van der Waals surface area contributed by atoms with E-state index in [1.165, 1.54) is 24.3 Å². The second-order valence-electron chi connectivity index (χ2n) is 3.12. The molecule has 1 nitrogen and oxygen atoms in total. The van der Waals surface area contributed by atoms with Crippen LogP contribution in [0.1, 0.15) is 5.56 Å². The molecule has 0 bridgehead atoms. The fourth-order valence-electron chi connectivity index (χ4n) is 1.29. The number of benzene rings is 1. The van der Waals surface area contributed by atoms with Gasteiger partial charge < -0.3 is 4.74 Å². The number of epoxide rings is 1. The van der Waals surface area contributed by atoms with Crippen LogP contribution in [0.25, 0.3) is 0 Å². The molecule has 1 atom stereocenters. The van der Waals surface area contributed by atoms with Gasteiger partial charge in [0.05, 0.1) is 6.61 Å². The van der Waals surface area contributed by atoms with Gasteiger partial charge in [0.2, 0.25) is 5.60 Å².